The number of hydrogen-bond donors (Lipinski definition) is 2. The van der Waals surface area contributed by atoms with Crippen LogP contribution in [0.4, 0.5) is 17.6 Å². The van der Waals surface area contributed by atoms with Crippen molar-refractivity contribution in [2.45, 2.75) is 57.0 Å². The molecule has 0 spiro atoms. The summed E-state index contributed by atoms with van der Waals surface area (Å²) < 4.78 is 117. The van der Waals surface area contributed by atoms with Crippen LogP contribution in [0, 0.1) is 5.92 Å². The van der Waals surface area contributed by atoms with Gasteiger partial charge in [0.1, 0.15) is 0 Å². The van der Waals surface area contributed by atoms with Crippen molar-refractivity contribution >= 4 is 32.2 Å². The van der Waals surface area contributed by atoms with Crippen molar-refractivity contribution in [3.05, 3.63) is 35.4 Å². The number of carbonyl (C=O) groups excluding carboxylic acids is 2. The minimum absolute atomic E-state index is 0.0215. The zero-order chi connectivity index (χ0) is 28.5. The fourth-order valence-corrected chi connectivity index (χ4v) is 2.45. The summed E-state index contributed by atoms with van der Waals surface area (Å²) in [5.74, 6) is -2.32. The van der Waals surface area contributed by atoms with Gasteiger partial charge in [0.05, 0.1) is 11.5 Å². The standard InChI is InChI=1S/C13H16F2O5S.C7H12F2O5S/c1-3-9(2)10-4-6-11(7-5-10)12(16)20-8-13(14,15)21(17,18)19;1-3-5(2)6(10)14-4-7(8,9)15(11,12)13/h4-7,9H,3,8H2,1-2H3,(H,17,18,19);5H,3-4H2,1-2H3,(H,11,12,13). The normalized spacial score (nSPS) is 14.2. The van der Waals surface area contributed by atoms with E-state index in [-0.39, 0.29) is 5.56 Å². The van der Waals surface area contributed by atoms with Crippen LogP contribution in [0.2, 0.25) is 0 Å². The average molecular weight is 569 g/mol. The van der Waals surface area contributed by atoms with Gasteiger partial charge in [0, 0.05) is 0 Å². The smallest absolute Gasteiger partial charge is 0.402 e. The van der Waals surface area contributed by atoms with Crippen molar-refractivity contribution in [1.29, 1.82) is 0 Å². The quantitative estimate of drug-likeness (QED) is 0.228. The molecule has 208 valence electrons. The highest BCUT2D eigenvalue weighted by atomic mass is 32.2. The maximum Gasteiger partial charge on any atom is 0.402 e. The number of rotatable bonds is 11. The molecule has 0 amide bonds. The molecule has 0 saturated heterocycles. The first kappa shape index (κ1) is 33.7. The summed E-state index contributed by atoms with van der Waals surface area (Å²) in [6, 6.07) is 6.17. The van der Waals surface area contributed by atoms with Crippen LogP contribution in [0.15, 0.2) is 24.3 Å². The van der Waals surface area contributed by atoms with Crippen LogP contribution >= 0.6 is 0 Å². The predicted octanol–water partition coefficient (Wildman–Crippen LogP) is 3.89. The second kappa shape index (κ2) is 13.3. The van der Waals surface area contributed by atoms with Gasteiger partial charge in [-0.05, 0) is 36.5 Å². The van der Waals surface area contributed by atoms with E-state index in [0.717, 1.165) is 12.0 Å². The van der Waals surface area contributed by atoms with Crippen LogP contribution in [0.25, 0.3) is 0 Å². The Morgan fingerprint density at radius 2 is 1.25 bits per heavy atom. The third-order valence-corrected chi connectivity index (χ3v) is 6.60. The van der Waals surface area contributed by atoms with Gasteiger partial charge in [-0.3, -0.25) is 13.9 Å². The zero-order valence-electron chi connectivity index (χ0n) is 19.8. The highest BCUT2D eigenvalue weighted by molar-refractivity contribution is 7.87. The van der Waals surface area contributed by atoms with E-state index >= 15 is 0 Å². The lowest BCUT2D eigenvalue weighted by molar-refractivity contribution is -0.154. The van der Waals surface area contributed by atoms with Gasteiger partial charge in [-0.15, -0.1) is 0 Å². The van der Waals surface area contributed by atoms with Gasteiger partial charge in [0.25, 0.3) is 0 Å². The molecular weight excluding hydrogens is 540 g/mol. The summed E-state index contributed by atoms with van der Waals surface area (Å²) in [5, 5.41) is -8.99. The van der Waals surface area contributed by atoms with E-state index < -0.39 is 61.8 Å². The molecule has 2 N–H and O–H groups in total. The molecule has 0 aliphatic carbocycles. The molecule has 0 fully saturated rings. The summed E-state index contributed by atoms with van der Waals surface area (Å²) in [7, 11) is -11.2. The topological polar surface area (TPSA) is 161 Å². The zero-order valence-corrected chi connectivity index (χ0v) is 21.4. The van der Waals surface area contributed by atoms with E-state index in [1.807, 2.05) is 13.8 Å². The number of halogens is 4. The Kier molecular flexibility index (Phi) is 12.5. The lowest BCUT2D eigenvalue weighted by Gasteiger charge is -2.14. The number of hydrogen-bond acceptors (Lipinski definition) is 8. The second-order valence-electron chi connectivity index (χ2n) is 7.65. The second-order valence-corrected chi connectivity index (χ2v) is 10.7. The Labute approximate surface area is 206 Å². The van der Waals surface area contributed by atoms with Crippen LogP contribution in [-0.4, -0.2) is 61.6 Å². The molecule has 1 aromatic carbocycles. The average Bonchev–Trinajstić information content (AvgIpc) is 2.79. The SMILES string of the molecule is CCC(C)C(=O)OCC(F)(F)S(=O)(=O)O.CCC(C)c1ccc(C(=O)OCC(F)(F)S(=O)(=O)O)cc1. The van der Waals surface area contributed by atoms with Crippen molar-refractivity contribution in [2.75, 3.05) is 13.2 Å². The molecule has 0 aromatic heterocycles. The first-order valence-electron chi connectivity index (χ1n) is 10.3. The van der Waals surface area contributed by atoms with E-state index in [9.17, 15) is 44.0 Å². The van der Waals surface area contributed by atoms with Gasteiger partial charge in [-0.2, -0.15) is 34.4 Å². The maximum atomic E-state index is 12.9. The largest absolute Gasteiger partial charge is 0.458 e. The molecular formula is C20H28F4O10S2. The first-order valence-corrected chi connectivity index (χ1v) is 13.2. The number of alkyl halides is 4. The van der Waals surface area contributed by atoms with Crippen LogP contribution < -0.4 is 0 Å². The molecule has 2 atom stereocenters. The van der Waals surface area contributed by atoms with Gasteiger partial charge >= 0.3 is 42.7 Å². The van der Waals surface area contributed by atoms with E-state index in [1.54, 1.807) is 19.1 Å². The molecule has 2 unspecified atom stereocenters. The number of carbonyl (C=O) groups is 2. The Balaban J connectivity index is 0.000000723. The molecule has 0 bridgehead atoms. The van der Waals surface area contributed by atoms with Crippen LogP contribution in [0.5, 0.6) is 0 Å². The number of ether oxygens (including phenoxy) is 2. The monoisotopic (exact) mass is 568 g/mol. The summed E-state index contributed by atoms with van der Waals surface area (Å²) in [6.45, 7) is 3.69. The van der Waals surface area contributed by atoms with Gasteiger partial charge in [-0.25, -0.2) is 4.79 Å². The van der Waals surface area contributed by atoms with E-state index in [1.165, 1.54) is 19.1 Å². The molecule has 1 aromatic rings. The van der Waals surface area contributed by atoms with Crippen LogP contribution in [0.1, 0.15) is 62.4 Å². The highest BCUT2D eigenvalue weighted by Crippen LogP contribution is 2.23. The third-order valence-electron chi connectivity index (χ3n) is 4.85. The molecule has 0 radical (unpaired) electrons. The van der Waals surface area contributed by atoms with E-state index in [2.05, 4.69) is 9.47 Å². The van der Waals surface area contributed by atoms with Crippen LogP contribution in [-0.2, 0) is 34.5 Å². The van der Waals surface area contributed by atoms with Gasteiger partial charge in [0.15, 0.2) is 13.2 Å². The van der Waals surface area contributed by atoms with Crippen molar-refractivity contribution < 1.29 is 62.6 Å². The Hall–Kier alpha value is -2.30. The molecule has 0 aliphatic heterocycles. The summed E-state index contributed by atoms with van der Waals surface area (Å²) >= 11 is 0. The minimum atomic E-state index is -5.61. The Morgan fingerprint density at radius 3 is 1.61 bits per heavy atom. The lowest BCUT2D eigenvalue weighted by atomic mass is 9.98. The van der Waals surface area contributed by atoms with Crippen molar-refractivity contribution in [3.8, 4) is 0 Å². The molecule has 0 heterocycles. The molecule has 1 rings (SSSR count). The molecule has 16 heteroatoms. The van der Waals surface area contributed by atoms with E-state index in [0.29, 0.717) is 12.3 Å². The maximum absolute atomic E-state index is 12.9. The summed E-state index contributed by atoms with van der Waals surface area (Å²) in [4.78, 5) is 22.5. The van der Waals surface area contributed by atoms with Gasteiger partial charge < -0.3 is 9.47 Å². The molecule has 0 aliphatic rings. The molecule has 36 heavy (non-hydrogen) atoms. The van der Waals surface area contributed by atoms with Gasteiger partial charge in [-0.1, -0.05) is 39.8 Å². The lowest BCUT2D eigenvalue weighted by Crippen LogP contribution is -2.35. The van der Waals surface area contributed by atoms with Crippen LogP contribution in [0.3, 0.4) is 0 Å². The van der Waals surface area contributed by atoms with Crippen molar-refractivity contribution in [2.24, 2.45) is 5.92 Å². The minimum Gasteiger partial charge on any atom is -0.458 e. The summed E-state index contributed by atoms with van der Waals surface area (Å²) in [6.07, 6.45) is 1.29. The fourth-order valence-electron chi connectivity index (χ4n) is 2.03. The third kappa shape index (κ3) is 10.4. The van der Waals surface area contributed by atoms with Gasteiger partial charge in [0.2, 0.25) is 0 Å². The number of esters is 2. The highest BCUT2D eigenvalue weighted by Gasteiger charge is 2.46. The first-order chi connectivity index (χ1) is 16.2. The molecule has 0 saturated carbocycles. The predicted molar refractivity (Wildman–Crippen MR) is 119 cm³/mol. The van der Waals surface area contributed by atoms with E-state index in [4.69, 9.17) is 9.11 Å². The van der Waals surface area contributed by atoms with Crippen molar-refractivity contribution in [3.63, 3.8) is 0 Å². The Bertz CT molecular complexity index is 1090. The fraction of sp³-hybridized carbons (Fsp3) is 0.600. The molecule has 10 nitrogen and oxygen atoms in total. The summed E-state index contributed by atoms with van der Waals surface area (Å²) in [5.41, 5.74) is 1.01. The van der Waals surface area contributed by atoms with Crippen molar-refractivity contribution in [1.82, 2.24) is 0 Å². The number of benzene rings is 1. The Morgan fingerprint density at radius 1 is 0.833 bits per heavy atom.